The van der Waals surface area contributed by atoms with Crippen LogP contribution in [0.2, 0.25) is 5.02 Å². The van der Waals surface area contributed by atoms with Gasteiger partial charge in [-0.2, -0.15) is 0 Å². The monoisotopic (exact) mass is 347 g/mol. The first kappa shape index (κ1) is 17.9. The van der Waals surface area contributed by atoms with Crippen LogP contribution in [0.5, 0.6) is 5.75 Å². The summed E-state index contributed by atoms with van der Waals surface area (Å²) in [5.74, 6) is -1.08. The van der Waals surface area contributed by atoms with E-state index in [0.29, 0.717) is 10.7 Å². The van der Waals surface area contributed by atoms with Gasteiger partial charge in [0.15, 0.2) is 5.78 Å². The van der Waals surface area contributed by atoms with Gasteiger partial charge in [-0.3, -0.25) is 9.59 Å². The summed E-state index contributed by atoms with van der Waals surface area (Å²) in [7, 11) is 0. The molecule has 1 N–H and O–H groups in total. The Labute approximate surface area is 145 Å². The van der Waals surface area contributed by atoms with Crippen LogP contribution < -0.4 is 0 Å². The fourth-order valence-electron chi connectivity index (χ4n) is 2.24. The number of carbonyl (C=O) groups is 2. The van der Waals surface area contributed by atoms with Crippen LogP contribution in [0.1, 0.15) is 35.8 Å². The molecule has 0 radical (unpaired) electrons. The van der Waals surface area contributed by atoms with Crippen molar-refractivity contribution in [3.63, 3.8) is 0 Å². The van der Waals surface area contributed by atoms with Crippen molar-refractivity contribution in [2.45, 2.75) is 26.7 Å². The van der Waals surface area contributed by atoms with Crippen molar-refractivity contribution in [1.29, 1.82) is 0 Å². The predicted molar refractivity (Wildman–Crippen MR) is 91.3 cm³/mol. The van der Waals surface area contributed by atoms with E-state index in [0.717, 1.165) is 11.1 Å². The number of ether oxygens (including phenoxy) is 1. The highest BCUT2D eigenvalue weighted by Gasteiger charge is 2.17. The van der Waals surface area contributed by atoms with E-state index < -0.39 is 11.8 Å². The molecule has 0 amide bonds. The van der Waals surface area contributed by atoms with Crippen LogP contribution >= 0.6 is 11.6 Å². The standard InChI is InChI=1S/C18H18ClNO4/c1-3-24-17(23)9-8-16(22)18-15(21)7-6-14(20-18)13-10-12(19)5-4-11(13)2/h4-7,10,21H,3,8-9H2,1-2H3. The third kappa shape index (κ3) is 4.32. The molecule has 0 bridgehead atoms. The van der Waals surface area contributed by atoms with Gasteiger partial charge in [0, 0.05) is 17.0 Å². The molecule has 2 rings (SSSR count). The number of Topliss-reactive ketones (excluding diaryl/α,β-unsaturated/α-hetero) is 1. The fraction of sp³-hybridized carbons (Fsp3) is 0.278. The van der Waals surface area contributed by atoms with Crippen LogP contribution in [-0.2, 0) is 9.53 Å². The quantitative estimate of drug-likeness (QED) is 0.632. The number of nitrogens with zero attached hydrogens (tertiary/aromatic N) is 1. The minimum Gasteiger partial charge on any atom is -0.506 e. The van der Waals surface area contributed by atoms with E-state index in [9.17, 15) is 14.7 Å². The molecule has 0 saturated heterocycles. The summed E-state index contributed by atoms with van der Waals surface area (Å²) < 4.78 is 4.79. The zero-order chi connectivity index (χ0) is 17.7. The molecule has 1 aromatic carbocycles. The number of aromatic nitrogens is 1. The highest BCUT2D eigenvalue weighted by Crippen LogP contribution is 2.28. The molecule has 24 heavy (non-hydrogen) atoms. The van der Waals surface area contributed by atoms with Crippen LogP contribution in [0.3, 0.4) is 0 Å². The van der Waals surface area contributed by atoms with Crippen molar-refractivity contribution in [1.82, 2.24) is 4.98 Å². The number of pyridine rings is 1. The summed E-state index contributed by atoms with van der Waals surface area (Å²) in [5.41, 5.74) is 2.20. The second-order valence-corrected chi connectivity index (χ2v) is 5.69. The number of ketones is 1. The van der Waals surface area contributed by atoms with Gasteiger partial charge in [-0.25, -0.2) is 4.98 Å². The van der Waals surface area contributed by atoms with Gasteiger partial charge in [0.1, 0.15) is 11.4 Å². The Morgan fingerprint density at radius 3 is 2.67 bits per heavy atom. The van der Waals surface area contributed by atoms with Crippen molar-refractivity contribution in [2.75, 3.05) is 6.61 Å². The van der Waals surface area contributed by atoms with Crippen LogP contribution in [-0.4, -0.2) is 28.4 Å². The fourth-order valence-corrected chi connectivity index (χ4v) is 2.42. The molecule has 2 aromatic rings. The predicted octanol–water partition coefficient (Wildman–Crippen LogP) is 3.94. The summed E-state index contributed by atoms with van der Waals surface area (Å²) in [5, 5.41) is 10.5. The average Bonchev–Trinajstić information content (AvgIpc) is 2.56. The van der Waals surface area contributed by atoms with E-state index in [4.69, 9.17) is 16.3 Å². The first-order valence-corrected chi connectivity index (χ1v) is 7.95. The van der Waals surface area contributed by atoms with E-state index in [-0.39, 0.29) is 30.9 Å². The smallest absolute Gasteiger partial charge is 0.306 e. The number of halogens is 1. The van der Waals surface area contributed by atoms with Gasteiger partial charge in [0.05, 0.1) is 18.7 Å². The summed E-state index contributed by atoms with van der Waals surface area (Å²) in [6.45, 7) is 3.87. The maximum absolute atomic E-state index is 12.3. The van der Waals surface area contributed by atoms with Gasteiger partial charge in [-0.15, -0.1) is 0 Å². The van der Waals surface area contributed by atoms with Gasteiger partial charge < -0.3 is 9.84 Å². The van der Waals surface area contributed by atoms with Crippen molar-refractivity contribution in [2.24, 2.45) is 0 Å². The van der Waals surface area contributed by atoms with Crippen LogP contribution in [0.4, 0.5) is 0 Å². The van der Waals surface area contributed by atoms with Crippen LogP contribution in [0, 0.1) is 6.92 Å². The molecule has 0 atom stereocenters. The maximum Gasteiger partial charge on any atom is 0.306 e. The molecule has 0 unspecified atom stereocenters. The molecule has 6 heteroatoms. The lowest BCUT2D eigenvalue weighted by Gasteiger charge is -2.09. The van der Waals surface area contributed by atoms with Gasteiger partial charge in [-0.1, -0.05) is 17.7 Å². The van der Waals surface area contributed by atoms with Gasteiger partial charge in [0.2, 0.25) is 0 Å². The first-order chi connectivity index (χ1) is 11.4. The molecule has 0 spiro atoms. The summed E-state index contributed by atoms with van der Waals surface area (Å²) in [4.78, 5) is 27.9. The molecule has 5 nitrogen and oxygen atoms in total. The minimum absolute atomic E-state index is 0.0474. The minimum atomic E-state index is -0.452. The van der Waals surface area contributed by atoms with Crippen molar-refractivity contribution >= 4 is 23.4 Å². The largest absolute Gasteiger partial charge is 0.506 e. The van der Waals surface area contributed by atoms with E-state index >= 15 is 0 Å². The van der Waals surface area contributed by atoms with E-state index in [1.54, 1.807) is 25.1 Å². The second-order valence-electron chi connectivity index (χ2n) is 5.25. The number of esters is 1. The van der Waals surface area contributed by atoms with Crippen molar-refractivity contribution < 1.29 is 19.4 Å². The molecule has 0 fully saturated rings. The Hall–Kier alpha value is -2.40. The number of hydrogen-bond acceptors (Lipinski definition) is 5. The highest BCUT2D eigenvalue weighted by atomic mass is 35.5. The molecule has 0 saturated carbocycles. The Bertz CT molecular complexity index is 774. The summed E-state index contributed by atoms with van der Waals surface area (Å²) >= 11 is 6.02. The van der Waals surface area contributed by atoms with E-state index in [2.05, 4.69) is 4.98 Å². The third-order valence-corrected chi connectivity index (χ3v) is 3.71. The SMILES string of the molecule is CCOC(=O)CCC(=O)c1nc(-c2cc(Cl)ccc2C)ccc1O. The number of rotatable bonds is 6. The van der Waals surface area contributed by atoms with E-state index in [1.807, 2.05) is 13.0 Å². The van der Waals surface area contributed by atoms with Crippen molar-refractivity contribution in [3.05, 3.63) is 46.6 Å². The lowest BCUT2D eigenvalue weighted by molar-refractivity contribution is -0.143. The second kappa shape index (κ2) is 7.93. The topological polar surface area (TPSA) is 76.5 Å². The number of carbonyl (C=O) groups excluding carboxylic acids is 2. The molecule has 0 aliphatic heterocycles. The highest BCUT2D eigenvalue weighted by molar-refractivity contribution is 6.30. The lowest BCUT2D eigenvalue weighted by atomic mass is 10.0. The van der Waals surface area contributed by atoms with Gasteiger partial charge in [-0.05, 0) is 43.7 Å². The number of benzene rings is 1. The van der Waals surface area contributed by atoms with E-state index in [1.165, 1.54) is 6.07 Å². The number of aryl methyl sites for hydroxylation is 1. The number of aromatic hydroxyl groups is 1. The summed E-state index contributed by atoms with van der Waals surface area (Å²) in [6, 6.07) is 8.42. The molecule has 126 valence electrons. The molecular weight excluding hydrogens is 330 g/mol. The zero-order valence-corrected chi connectivity index (χ0v) is 14.3. The normalized spacial score (nSPS) is 10.5. The molecular formula is C18H18ClNO4. The Morgan fingerprint density at radius 1 is 1.21 bits per heavy atom. The molecule has 1 heterocycles. The average molecular weight is 348 g/mol. The van der Waals surface area contributed by atoms with Gasteiger partial charge >= 0.3 is 5.97 Å². The number of hydrogen-bond donors (Lipinski definition) is 1. The Kier molecular flexibility index (Phi) is 5.93. The van der Waals surface area contributed by atoms with Gasteiger partial charge in [0.25, 0.3) is 0 Å². The lowest BCUT2D eigenvalue weighted by Crippen LogP contribution is -2.09. The Balaban J connectivity index is 2.27. The zero-order valence-electron chi connectivity index (χ0n) is 13.5. The Morgan fingerprint density at radius 2 is 1.96 bits per heavy atom. The van der Waals surface area contributed by atoms with Crippen molar-refractivity contribution in [3.8, 4) is 17.0 Å². The molecule has 0 aliphatic rings. The molecule has 0 aliphatic carbocycles. The third-order valence-electron chi connectivity index (χ3n) is 3.48. The molecule has 1 aromatic heterocycles. The van der Waals surface area contributed by atoms with Crippen LogP contribution in [0.25, 0.3) is 11.3 Å². The first-order valence-electron chi connectivity index (χ1n) is 7.57. The summed E-state index contributed by atoms with van der Waals surface area (Å²) in [6.07, 6.45) is -0.119. The maximum atomic E-state index is 12.3. The van der Waals surface area contributed by atoms with Crippen LogP contribution in [0.15, 0.2) is 30.3 Å².